The molecule has 0 aromatic heterocycles. The zero-order chi connectivity index (χ0) is 15.9. The average Bonchev–Trinajstić information content (AvgIpc) is 2.47. The summed E-state index contributed by atoms with van der Waals surface area (Å²) in [6, 6.07) is 16.5. The lowest BCUT2D eigenvalue weighted by atomic mass is 10.0. The van der Waals surface area contributed by atoms with Gasteiger partial charge in [-0.1, -0.05) is 60.2 Å². The van der Waals surface area contributed by atoms with E-state index in [9.17, 15) is 9.59 Å². The lowest BCUT2D eigenvalue weighted by Gasteiger charge is -2.16. The van der Waals surface area contributed by atoms with Crippen LogP contribution in [0.15, 0.2) is 54.6 Å². The molecule has 0 aliphatic rings. The minimum Gasteiger partial charge on any atom is -0.368 e. The quantitative estimate of drug-likeness (QED) is 0.852. The van der Waals surface area contributed by atoms with E-state index in [0.29, 0.717) is 6.42 Å². The Bertz CT molecular complexity index is 653. The van der Waals surface area contributed by atoms with Crippen LogP contribution < -0.4 is 11.1 Å². The summed E-state index contributed by atoms with van der Waals surface area (Å²) < 4.78 is 0. The summed E-state index contributed by atoms with van der Waals surface area (Å²) in [7, 11) is 0. The number of benzene rings is 2. The van der Waals surface area contributed by atoms with Crippen LogP contribution in [-0.2, 0) is 22.4 Å². The number of hydrogen-bond acceptors (Lipinski definition) is 2. The first-order valence-electron chi connectivity index (χ1n) is 7.23. The Labute approximate surface area is 130 Å². The number of carbonyl (C=O) groups excluding carboxylic acids is 2. The van der Waals surface area contributed by atoms with E-state index in [1.54, 1.807) is 0 Å². The first-order chi connectivity index (χ1) is 10.5. The van der Waals surface area contributed by atoms with Crippen molar-refractivity contribution in [1.29, 1.82) is 0 Å². The van der Waals surface area contributed by atoms with E-state index in [4.69, 9.17) is 5.73 Å². The molecule has 4 nitrogen and oxygen atoms in total. The Morgan fingerprint density at radius 1 is 1.05 bits per heavy atom. The van der Waals surface area contributed by atoms with E-state index < -0.39 is 11.9 Å². The van der Waals surface area contributed by atoms with E-state index in [1.807, 2.05) is 61.5 Å². The minimum atomic E-state index is -0.696. The number of hydrogen-bond donors (Lipinski definition) is 2. The third-order valence-corrected chi connectivity index (χ3v) is 3.41. The van der Waals surface area contributed by atoms with E-state index in [-0.39, 0.29) is 12.3 Å². The van der Waals surface area contributed by atoms with Crippen molar-refractivity contribution in [2.24, 2.45) is 5.73 Å². The van der Waals surface area contributed by atoms with Gasteiger partial charge >= 0.3 is 0 Å². The average molecular weight is 296 g/mol. The van der Waals surface area contributed by atoms with Crippen LogP contribution in [0.3, 0.4) is 0 Å². The molecule has 1 atom stereocenters. The van der Waals surface area contributed by atoms with Gasteiger partial charge < -0.3 is 11.1 Å². The van der Waals surface area contributed by atoms with Crippen molar-refractivity contribution in [3.63, 3.8) is 0 Å². The monoisotopic (exact) mass is 296 g/mol. The van der Waals surface area contributed by atoms with Crippen LogP contribution in [0.5, 0.6) is 0 Å². The molecule has 22 heavy (non-hydrogen) atoms. The summed E-state index contributed by atoms with van der Waals surface area (Å²) in [6.07, 6.45) is 0.635. The molecule has 2 aromatic carbocycles. The molecular formula is C18H20N2O2. The fourth-order valence-corrected chi connectivity index (χ4v) is 2.32. The second-order valence-corrected chi connectivity index (χ2v) is 5.38. The zero-order valence-corrected chi connectivity index (χ0v) is 12.6. The molecule has 0 unspecified atom stereocenters. The molecule has 0 saturated carbocycles. The lowest BCUT2D eigenvalue weighted by molar-refractivity contribution is -0.127. The van der Waals surface area contributed by atoms with Gasteiger partial charge in [-0.3, -0.25) is 9.59 Å². The number of aryl methyl sites for hydroxylation is 1. The summed E-state index contributed by atoms with van der Waals surface area (Å²) in [4.78, 5) is 23.6. The SMILES string of the molecule is Cc1cccc(C[C@H](NC(=O)Cc2ccccc2)C(N)=O)c1. The Balaban J connectivity index is 1.99. The molecule has 2 rings (SSSR count). The smallest absolute Gasteiger partial charge is 0.240 e. The van der Waals surface area contributed by atoms with Gasteiger partial charge in [-0.15, -0.1) is 0 Å². The van der Waals surface area contributed by atoms with Crippen LogP contribution >= 0.6 is 0 Å². The Morgan fingerprint density at radius 3 is 2.36 bits per heavy atom. The molecule has 0 heterocycles. The number of rotatable bonds is 6. The molecule has 0 bridgehead atoms. The predicted octanol–water partition coefficient (Wildman–Crippen LogP) is 1.75. The number of nitrogens with one attached hydrogen (secondary N) is 1. The molecule has 0 aliphatic carbocycles. The molecule has 0 radical (unpaired) electrons. The maximum absolute atomic E-state index is 12.1. The minimum absolute atomic E-state index is 0.206. The molecule has 0 aliphatic heterocycles. The first kappa shape index (κ1) is 15.8. The van der Waals surface area contributed by atoms with Crippen LogP contribution in [0.1, 0.15) is 16.7 Å². The van der Waals surface area contributed by atoms with Gasteiger partial charge in [0.2, 0.25) is 11.8 Å². The van der Waals surface area contributed by atoms with Crippen LogP contribution in [0, 0.1) is 6.92 Å². The molecule has 2 aromatic rings. The van der Waals surface area contributed by atoms with Crippen molar-refractivity contribution in [3.8, 4) is 0 Å². The van der Waals surface area contributed by atoms with Gasteiger partial charge in [0.1, 0.15) is 6.04 Å². The van der Waals surface area contributed by atoms with Crippen LogP contribution in [0.25, 0.3) is 0 Å². The van der Waals surface area contributed by atoms with Gasteiger partial charge in [-0.25, -0.2) is 0 Å². The fraction of sp³-hybridized carbons (Fsp3) is 0.222. The second kappa shape index (κ2) is 7.41. The van der Waals surface area contributed by atoms with Crippen LogP contribution in [0.2, 0.25) is 0 Å². The summed E-state index contributed by atoms with van der Waals surface area (Å²) >= 11 is 0. The first-order valence-corrected chi connectivity index (χ1v) is 7.23. The Kier molecular flexibility index (Phi) is 5.31. The highest BCUT2D eigenvalue weighted by atomic mass is 16.2. The van der Waals surface area contributed by atoms with Gasteiger partial charge in [0.25, 0.3) is 0 Å². The Hall–Kier alpha value is -2.62. The molecular weight excluding hydrogens is 276 g/mol. The van der Waals surface area contributed by atoms with Crippen LogP contribution in [0.4, 0.5) is 0 Å². The van der Waals surface area contributed by atoms with Crippen molar-refractivity contribution in [2.75, 3.05) is 0 Å². The van der Waals surface area contributed by atoms with Crippen molar-refractivity contribution in [2.45, 2.75) is 25.8 Å². The molecule has 3 N–H and O–H groups in total. The predicted molar refractivity (Wildman–Crippen MR) is 86.2 cm³/mol. The highest BCUT2D eigenvalue weighted by Gasteiger charge is 2.18. The standard InChI is InChI=1S/C18H20N2O2/c1-13-6-5-9-15(10-13)11-16(18(19)22)20-17(21)12-14-7-3-2-4-8-14/h2-10,16H,11-12H2,1H3,(H2,19,22)(H,20,21)/t16-/m0/s1. The third-order valence-electron chi connectivity index (χ3n) is 3.41. The van der Waals surface area contributed by atoms with E-state index in [2.05, 4.69) is 5.32 Å². The summed E-state index contributed by atoms with van der Waals surface area (Å²) in [6.45, 7) is 1.98. The van der Waals surface area contributed by atoms with E-state index in [0.717, 1.165) is 16.7 Å². The Morgan fingerprint density at radius 2 is 1.73 bits per heavy atom. The lowest BCUT2D eigenvalue weighted by Crippen LogP contribution is -2.46. The molecule has 0 saturated heterocycles. The molecule has 0 fully saturated rings. The number of primary amides is 1. The normalized spacial score (nSPS) is 11.7. The van der Waals surface area contributed by atoms with Crippen molar-refractivity contribution < 1.29 is 9.59 Å². The van der Waals surface area contributed by atoms with Crippen LogP contribution in [-0.4, -0.2) is 17.9 Å². The largest absolute Gasteiger partial charge is 0.368 e. The zero-order valence-electron chi connectivity index (χ0n) is 12.6. The summed E-state index contributed by atoms with van der Waals surface area (Å²) in [5.41, 5.74) is 8.40. The summed E-state index contributed by atoms with van der Waals surface area (Å²) in [5.74, 6) is -0.731. The maximum atomic E-state index is 12.1. The van der Waals surface area contributed by atoms with Gasteiger partial charge in [0.15, 0.2) is 0 Å². The maximum Gasteiger partial charge on any atom is 0.240 e. The molecule has 4 heteroatoms. The van der Waals surface area contributed by atoms with Crippen molar-refractivity contribution in [3.05, 3.63) is 71.3 Å². The third kappa shape index (κ3) is 4.74. The topological polar surface area (TPSA) is 72.2 Å². The van der Waals surface area contributed by atoms with Gasteiger partial charge in [-0.05, 0) is 18.1 Å². The van der Waals surface area contributed by atoms with Crippen molar-refractivity contribution in [1.82, 2.24) is 5.32 Å². The number of nitrogens with two attached hydrogens (primary N) is 1. The number of amides is 2. The highest BCUT2D eigenvalue weighted by molar-refractivity contribution is 5.87. The highest BCUT2D eigenvalue weighted by Crippen LogP contribution is 2.07. The molecule has 114 valence electrons. The molecule has 0 spiro atoms. The van der Waals surface area contributed by atoms with E-state index in [1.165, 1.54) is 0 Å². The number of carbonyl (C=O) groups is 2. The van der Waals surface area contributed by atoms with Gasteiger partial charge in [0.05, 0.1) is 6.42 Å². The van der Waals surface area contributed by atoms with Gasteiger partial charge in [-0.2, -0.15) is 0 Å². The van der Waals surface area contributed by atoms with E-state index >= 15 is 0 Å². The van der Waals surface area contributed by atoms with Crippen molar-refractivity contribution >= 4 is 11.8 Å². The fourth-order valence-electron chi connectivity index (χ4n) is 2.32. The second-order valence-electron chi connectivity index (χ2n) is 5.38. The van der Waals surface area contributed by atoms with Gasteiger partial charge in [0, 0.05) is 6.42 Å². The summed E-state index contributed by atoms with van der Waals surface area (Å²) in [5, 5.41) is 2.72. The molecule has 2 amide bonds.